The van der Waals surface area contributed by atoms with Gasteiger partial charge < -0.3 is 5.32 Å². The summed E-state index contributed by atoms with van der Waals surface area (Å²) in [5, 5.41) is 12.5. The van der Waals surface area contributed by atoms with Crippen LogP contribution in [-0.2, 0) is 6.54 Å². The summed E-state index contributed by atoms with van der Waals surface area (Å²) in [4.78, 5) is 0. The fourth-order valence-electron chi connectivity index (χ4n) is 2.86. The summed E-state index contributed by atoms with van der Waals surface area (Å²) in [6, 6.07) is 8.13. The molecular formula is C16H22N2S. The number of benzene rings is 1. The molecule has 3 heteroatoms. The lowest BCUT2D eigenvalue weighted by Gasteiger charge is -2.27. The van der Waals surface area contributed by atoms with Crippen LogP contribution in [-0.4, -0.2) is 17.5 Å². The molecule has 1 aromatic carbocycles. The van der Waals surface area contributed by atoms with Crippen LogP contribution in [0.2, 0.25) is 0 Å². The molecule has 19 heavy (non-hydrogen) atoms. The van der Waals surface area contributed by atoms with Gasteiger partial charge in [0.05, 0.1) is 11.6 Å². The first-order valence-corrected chi connectivity index (χ1v) is 8.17. The first-order chi connectivity index (χ1) is 9.19. The summed E-state index contributed by atoms with van der Waals surface area (Å²) in [7, 11) is 0. The smallest absolute Gasteiger partial charge is 0.0991 e. The van der Waals surface area contributed by atoms with E-state index < -0.39 is 0 Å². The lowest BCUT2D eigenvalue weighted by molar-refractivity contribution is 0.533. The van der Waals surface area contributed by atoms with Gasteiger partial charge in [-0.15, -0.1) is 0 Å². The van der Waals surface area contributed by atoms with Crippen molar-refractivity contribution in [1.82, 2.24) is 5.32 Å². The summed E-state index contributed by atoms with van der Waals surface area (Å²) in [6.07, 6.45) is 7.66. The molecule has 0 spiro atoms. The minimum Gasteiger partial charge on any atom is -0.311 e. The van der Waals surface area contributed by atoms with Crippen LogP contribution in [0.5, 0.6) is 0 Å². The highest BCUT2D eigenvalue weighted by atomic mass is 32.2. The molecule has 1 aromatic rings. The lowest BCUT2D eigenvalue weighted by atomic mass is 10.0. The number of nitrogens with zero attached hydrogens (tertiary/aromatic N) is 1. The topological polar surface area (TPSA) is 35.8 Å². The second kappa shape index (κ2) is 6.45. The van der Waals surface area contributed by atoms with E-state index in [1.807, 2.05) is 23.9 Å². The molecule has 1 aliphatic rings. The molecule has 0 amide bonds. The number of rotatable bonds is 5. The van der Waals surface area contributed by atoms with Crippen LogP contribution in [0.15, 0.2) is 18.2 Å². The van der Waals surface area contributed by atoms with Crippen molar-refractivity contribution < 1.29 is 0 Å². The largest absolute Gasteiger partial charge is 0.311 e. The van der Waals surface area contributed by atoms with E-state index in [1.165, 1.54) is 36.8 Å². The highest BCUT2D eigenvalue weighted by molar-refractivity contribution is 8.00. The molecule has 102 valence electrons. The van der Waals surface area contributed by atoms with Crippen molar-refractivity contribution in [2.75, 3.05) is 12.8 Å². The van der Waals surface area contributed by atoms with E-state index in [-0.39, 0.29) is 0 Å². The molecule has 0 saturated heterocycles. The van der Waals surface area contributed by atoms with Gasteiger partial charge in [0.25, 0.3) is 0 Å². The maximum atomic E-state index is 8.87. The minimum atomic E-state index is 0.459. The van der Waals surface area contributed by atoms with Crippen LogP contribution in [0.3, 0.4) is 0 Å². The Bertz CT molecular complexity index is 470. The molecule has 0 atom stereocenters. The summed E-state index contributed by atoms with van der Waals surface area (Å²) in [5.41, 5.74) is 3.25. The van der Waals surface area contributed by atoms with Crippen LogP contribution in [0.25, 0.3) is 0 Å². The molecule has 1 saturated carbocycles. The summed E-state index contributed by atoms with van der Waals surface area (Å²) < 4.78 is 0.459. The van der Waals surface area contributed by atoms with Crippen LogP contribution in [0, 0.1) is 18.3 Å². The number of hydrogen-bond acceptors (Lipinski definition) is 3. The van der Waals surface area contributed by atoms with Gasteiger partial charge in [0.1, 0.15) is 0 Å². The lowest BCUT2D eigenvalue weighted by Crippen LogP contribution is -2.34. The molecule has 2 nitrogen and oxygen atoms in total. The van der Waals surface area contributed by atoms with Gasteiger partial charge in [0.15, 0.2) is 0 Å². The predicted octanol–water partition coefficient (Wildman–Crippen LogP) is 3.63. The molecule has 0 aliphatic heterocycles. The van der Waals surface area contributed by atoms with E-state index in [0.717, 1.165) is 18.7 Å². The Labute approximate surface area is 120 Å². The molecule has 0 heterocycles. The van der Waals surface area contributed by atoms with Crippen molar-refractivity contribution in [3.8, 4) is 6.07 Å². The first-order valence-electron chi connectivity index (χ1n) is 6.95. The second-order valence-corrected chi connectivity index (χ2v) is 6.73. The molecule has 1 N–H and O–H groups in total. The average Bonchev–Trinajstić information content (AvgIpc) is 2.90. The van der Waals surface area contributed by atoms with E-state index >= 15 is 0 Å². The maximum Gasteiger partial charge on any atom is 0.0991 e. The molecule has 1 aliphatic carbocycles. The predicted molar refractivity (Wildman–Crippen MR) is 82.3 cm³/mol. The Morgan fingerprint density at radius 3 is 2.68 bits per heavy atom. The Kier molecular flexibility index (Phi) is 4.90. The molecule has 0 radical (unpaired) electrons. The molecule has 0 unspecified atom stereocenters. The van der Waals surface area contributed by atoms with Gasteiger partial charge in [-0.25, -0.2) is 0 Å². The third-order valence-electron chi connectivity index (χ3n) is 4.18. The van der Waals surface area contributed by atoms with Crippen LogP contribution < -0.4 is 5.32 Å². The van der Waals surface area contributed by atoms with Gasteiger partial charge >= 0.3 is 0 Å². The van der Waals surface area contributed by atoms with E-state index in [1.54, 1.807) is 0 Å². The molecule has 0 bridgehead atoms. The van der Waals surface area contributed by atoms with E-state index in [4.69, 9.17) is 5.26 Å². The zero-order valence-corrected chi connectivity index (χ0v) is 12.6. The zero-order valence-electron chi connectivity index (χ0n) is 11.8. The molecular weight excluding hydrogens is 252 g/mol. The number of nitrogens with one attached hydrogen (secondary N) is 1. The standard InChI is InChI=1S/C16H22N2S/c1-13-9-14(10-17)5-6-15(13)11-18-12-16(19-2)7-3-4-8-16/h5-6,9,18H,3-4,7-8,11-12H2,1-2H3. The fraction of sp³-hybridized carbons (Fsp3) is 0.562. The third kappa shape index (κ3) is 3.52. The van der Waals surface area contributed by atoms with Crippen molar-refractivity contribution in [2.24, 2.45) is 0 Å². The molecule has 1 fully saturated rings. The number of nitriles is 1. The quantitative estimate of drug-likeness (QED) is 0.890. The maximum absolute atomic E-state index is 8.87. The normalized spacial score (nSPS) is 17.3. The highest BCUT2D eigenvalue weighted by Crippen LogP contribution is 2.39. The molecule has 0 aromatic heterocycles. The van der Waals surface area contributed by atoms with Gasteiger partial charge in [0, 0.05) is 17.8 Å². The number of thioether (sulfide) groups is 1. The average molecular weight is 274 g/mol. The van der Waals surface area contributed by atoms with Crippen molar-refractivity contribution in [3.63, 3.8) is 0 Å². The van der Waals surface area contributed by atoms with E-state index in [0.29, 0.717) is 4.75 Å². The van der Waals surface area contributed by atoms with Gasteiger partial charge in [-0.2, -0.15) is 17.0 Å². The zero-order chi connectivity index (χ0) is 13.7. The summed E-state index contributed by atoms with van der Waals surface area (Å²) in [5.74, 6) is 0. The Morgan fingerprint density at radius 1 is 1.37 bits per heavy atom. The SMILES string of the molecule is CSC1(CNCc2ccc(C#N)cc2C)CCCC1. The van der Waals surface area contributed by atoms with Gasteiger partial charge in [0.2, 0.25) is 0 Å². The summed E-state index contributed by atoms with van der Waals surface area (Å²) in [6.45, 7) is 4.07. The second-order valence-electron chi connectivity index (χ2n) is 5.45. The van der Waals surface area contributed by atoms with Crippen LogP contribution in [0.1, 0.15) is 42.4 Å². The van der Waals surface area contributed by atoms with E-state index in [9.17, 15) is 0 Å². The van der Waals surface area contributed by atoms with Crippen LogP contribution in [0.4, 0.5) is 0 Å². The monoisotopic (exact) mass is 274 g/mol. The van der Waals surface area contributed by atoms with Gasteiger partial charge in [-0.3, -0.25) is 0 Å². The van der Waals surface area contributed by atoms with Crippen LogP contribution >= 0.6 is 11.8 Å². The van der Waals surface area contributed by atoms with Crippen molar-refractivity contribution in [3.05, 3.63) is 34.9 Å². The fourth-order valence-corrected chi connectivity index (χ4v) is 3.80. The molecule has 2 rings (SSSR count). The highest BCUT2D eigenvalue weighted by Gasteiger charge is 2.32. The number of hydrogen-bond donors (Lipinski definition) is 1. The minimum absolute atomic E-state index is 0.459. The Morgan fingerprint density at radius 2 is 2.11 bits per heavy atom. The van der Waals surface area contributed by atoms with E-state index in [2.05, 4.69) is 30.6 Å². The van der Waals surface area contributed by atoms with Gasteiger partial charge in [-0.05, 0) is 49.3 Å². The Hall–Kier alpha value is -0.980. The first kappa shape index (κ1) is 14.4. The van der Waals surface area contributed by atoms with Gasteiger partial charge in [-0.1, -0.05) is 18.9 Å². The van der Waals surface area contributed by atoms with Crippen molar-refractivity contribution in [1.29, 1.82) is 5.26 Å². The third-order valence-corrected chi connectivity index (χ3v) is 5.60. The van der Waals surface area contributed by atoms with Crippen molar-refractivity contribution in [2.45, 2.75) is 43.9 Å². The number of aryl methyl sites for hydroxylation is 1. The van der Waals surface area contributed by atoms with Crippen molar-refractivity contribution >= 4 is 11.8 Å². The summed E-state index contributed by atoms with van der Waals surface area (Å²) >= 11 is 2.02. The Balaban J connectivity index is 1.91.